The predicted molar refractivity (Wildman–Crippen MR) is 92.5 cm³/mol. The Morgan fingerprint density at radius 1 is 1.24 bits per heavy atom. The van der Waals surface area contributed by atoms with Crippen LogP contribution in [0.4, 0.5) is 0 Å². The zero-order valence-electron chi connectivity index (χ0n) is 13.8. The molecule has 2 aromatic rings. The second-order valence-electron chi connectivity index (χ2n) is 6.53. The number of aromatic nitrogens is 2. The van der Waals surface area contributed by atoms with Crippen molar-refractivity contribution in [2.75, 3.05) is 6.54 Å². The molecule has 1 atom stereocenters. The average Bonchev–Trinajstić information content (AvgIpc) is 2.95. The summed E-state index contributed by atoms with van der Waals surface area (Å²) < 4.78 is 0. The minimum atomic E-state index is 0.131. The van der Waals surface area contributed by atoms with Gasteiger partial charge in [-0.15, -0.1) is 22.7 Å². The summed E-state index contributed by atoms with van der Waals surface area (Å²) in [7, 11) is 0. The van der Waals surface area contributed by atoms with Crippen molar-refractivity contribution >= 4 is 22.7 Å². The summed E-state index contributed by atoms with van der Waals surface area (Å²) in [5.41, 5.74) is 2.41. The average molecular weight is 324 g/mol. The van der Waals surface area contributed by atoms with Crippen LogP contribution >= 0.6 is 22.7 Å². The van der Waals surface area contributed by atoms with Gasteiger partial charge in [-0.1, -0.05) is 20.8 Å². The van der Waals surface area contributed by atoms with Gasteiger partial charge in [0, 0.05) is 40.4 Å². The number of aryl methyl sites for hydroxylation is 2. The fraction of sp³-hybridized carbons (Fsp3) is 0.625. The molecule has 1 unspecified atom stereocenters. The Morgan fingerprint density at radius 2 is 1.95 bits per heavy atom. The molecular weight excluding hydrogens is 298 g/mol. The number of rotatable bonds is 5. The third-order valence-corrected chi connectivity index (χ3v) is 6.12. The summed E-state index contributed by atoms with van der Waals surface area (Å²) in [4.78, 5) is 10.6. The number of nitrogens with one attached hydrogen (secondary N) is 1. The van der Waals surface area contributed by atoms with Crippen LogP contribution in [0.25, 0.3) is 0 Å². The van der Waals surface area contributed by atoms with Gasteiger partial charge in [0.15, 0.2) is 0 Å². The highest BCUT2D eigenvalue weighted by Gasteiger charge is 2.22. The topological polar surface area (TPSA) is 37.8 Å². The number of thiazole rings is 2. The standard InChI is InChI=1S/C16H25N3S2/c1-10-9-20-13(18-10)7-8-17-11(2)14-12(3)19-15(21-14)16(4,5)6/h9,11,17H,7-8H2,1-6H3. The lowest BCUT2D eigenvalue weighted by atomic mass is 9.98. The predicted octanol–water partition coefficient (Wildman–Crippen LogP) is 4.41. The molecular formula is C16H25N3S2. The molecule has 0 fully saturated rings. The number of nitrogens with zero attached hydrogens (tertiary/aromatic N) is 2. The van der Waals surface area contributed by atoms with E-state index >= 15 is 0 Å². The molecule has 2 heterocycles. The molecule has 0 aliphatic carbocycles. The Hall–Kier alpha value is -0.780. The molecule has 0 spiro atoms. The van der Waals surface area contributed by atoms with Crippen LogP contribution in [0, 0.1) is 13.8 Å². The van der Waals surface area contributed by atoms with E-state index in [1.165, 1.54) is 14.9 Å². The highest BCUT2D eigenvalue weighted by Crippen LogP contribution is 2.32. The van der Waals surface area contributed by atoms with Gasteiger partial charge in [0.25, 0.3) is 0 Å². The van der Waals surface area contributed by atoms with E-state index in [1.54, 1.807) is 11.3 Å². The number of hydrogen-bond acceptors (Lipinski definition) is 5. The Morgan fingerprint density at radius 3 is 2.48 bits per heavy atom. The first-order chi connectivity index (χ1) is 9.77. The summed E-state index contributed by atoms with van der Waals surface area (Å²) in [6, 6.07) is 0.347. The normalized spacial score (nSPS) is 13.6. The maximum atomic E-state index is 4.74. The first-order valence-electron chi connectivity index (χ1n) is 7.39. The fourth-order valence-electron chi connectivity index (χ4n) is 2.14. The Bertz CT molecular complexity index is 593. The monoisotopic (exact) mass is 323 g/mol. The largest absolute Gasteiger partial charge is 0.309 e. The van der Waals surface area contributed by atoms with Gasteiger partial charge >= 0.3 is 0 Å². The second kappa shape index (κ2) is 6.55. The highest BCUT2D eigenvalue weighted by molar-refractivity contribution is 7.12. The maximum absolute atomic E-state index is 4.74. The molecule has 2 rings (SSSR count). The van der Waals surface area contributed by atoms with Crippen molar-refractivity contribution in [3.8, 4) is 0 Å². The molecule has 1 N–H and O–H groups in total. The van der Waals surface area contributed by atoms with Crippen molar-refractivity contribution in [2.24, 2.45) is 0 Å². The Labute approximate surface area is 135 Å². The first kappa shape index (κ1) is 16.6. The third kappa shape index (κ3) is 4.34. The molecule has 0 aromatic carbocycles. The Kier molecular flexibility index (Phi) is 5.17. The third-order valence-electron chi connectivity index (χ3n) is 3.32. The van der Waals surface area contributed by atoms with E-state index in [9.17, 15) is 0 Å². The van der Waals surface area contributed by atoms with E-state index in [-0.39, 0.29) is 5.41 Å². The molecule has 3 nitrogen and oxygen atoms in total. The van der Waals surface area contributed by atoms with Crippen molar-refractivity contribution in [1.29, 1.82) is 0 Å². The van der Waals surface area contributed by atoms with E-state index in [2.05, 4.69) is 50.3 Å². The van der Waals surface area contributed by atoms with Crippen LogP contribution < -0.4 is 5.32 Å². The van der Waals surface area contributed by atoms with E-state index < -0.39 is 0 Å². The smallest absolute Gasteiger partial charge is 0.0985 e. The summed E-state index contributed by atoms with van der Waals surface area (Å²) in [5.74, 6) is 0. The van der Waals surface area contributed by atoms with Gasteiger partial charge in [-0.25, -0.2) is 9.97 Å². The minimum Gasteiger partial charge on any atom is -0.309 e. The molecule has 2 aromatic heterocycles. The second-order valence-corrected chi connectivity index (χ2v) is 8.50. The van der Waals surface area contributed by atoms with Crippen molar-refractivity contribution in [2.45, 2.75) is 59.4 Å². The van der Waals surface area contributed by atoms with Crippen LogP contribution in [-0.2, 0) is 11.8 Å². The highest BCUT2D eigenvalue weighted by atomic mass is 32.1. The molecule has 0 radical (unpaired) electrons. The van der Waals surface area contributed by atoms with Gasteiger partial charge in [-0.3, -0.25) is 0 Å². The van der Waals surface area contributed by atoms with Crippen LogP contribution in [0.1, 0.15) is 60.0 Å². The van der Waals surface area contributed by atoms with Crippen LogP contribution in [0.3, 0.4) is 0 Å². The van der Waals surface area contributed by atoms with Crippen molar-refractivity contribution in [3.05, 3.63) is 31.7 Å². The van der Waals surface area contributed by atoms with E-state index in [0.717, 1.165) is 24.4 Å². The summed E-state index contributed by atoms with van der Waals surface area (Å²) in [5, 5.41) is 8.15. The van der Waals surface area contributed by atoms with Crippen LogP contribution in [-0.4, -0.2) is 16.5 Å². The quantitative estimate of drug-likeness (QED) is 0.886. The SMILES string of the molecule is Cc1csc(CCNC(C)c2sc(C(C)(C)C)nc2C)n1. The van der Waals surface area contributed by atoms with E-state index in [0.29, 0.717) is 6.04 Å². The van der Waals surface area contributed by atoms with Crippen LogP contribution in [0.5, 0.6) is 0 Å². The lowest BCUT2D eigenvalue weighted by Gasteiger charge is -2.14. The summed E-state index contributed by atoms with van der Waals surface area (Å²) >= 11 is 3.59. The fourth-order valence-corrected chi connectivity index (χ4v) is 4.06. The summed E-state index contributed by atoms with van der Waals surface area (Å²) in [6.45, 7) is 14.0. The molecule has 5 heteroatoms. The molecule has 0 saturated carbocycles. The van der Waals surface area contributed by atoms with E-state index in [4.69, 9.17) is 4.98 Å². The van der Waals surface area contributed by atoms with Gasteiger partial charge in [-0.05, 0) is 20.8 Å². The maximum Gasteiger partial charge on any atom is 0.0985 e. The molecule has 0 bridgehead atoms. The molecule has 0 saturated heterocycles. The lowest BCUT2D eigenvalue weighted by molar-refractivity contribution is 0.578. The van der Waals surface area contributed by atoms with Gasteiger partial charge < -0.3 is 5.32 Å². The first-order valence-corrected chi connectivity index (χ1v) is 9.09. The van der Waals surface area contributed by atoms with Gasteiger partial charge in [0.2, 0.25) is 0 Å². The molecule has 21 heavy (non-hydrogen) atoms. The van der Waals surface area contributed by atoms with Crippen molar-refractivity contribution in [1.82, 2.24) is 15.3 Å². The zero-order chi connectivity index (χ0) is 15.6. The summed E-state index contributed by atoms with van der Waals surface area (Å²) in [6.07, 6.45) is 0.993. The van der Waals surface area contributed by atoms with Crippen molar-refractivity contribution < 1.29 is 0 Å². The molecule has 0 aliphatic heterocycles. The molecule has 116 valence electrons. The minimum absolute atomic E-state index is 0.131. The van der Waals surface area contributed by atoms with Crippen molar-refractivity contribution in [3.63, 3.8) is 0 Å². The van der Waals surface area contributed by atoms with Crippen LogP contribution in [0.15, 0.2) is 5.38 Å². The van der Waals surface area contributed by atoms with Gasteiger partial charge in [0.1, 0.15) is 0 Å². The number of hydrogen-bond donors (Lipinski definition) is 1. The van der Waals surface area contributed by atoms with E-state index in [1.807, 2.05) is 18.3 Å². The van der Waals surface area contributed by atoms with Gasteiger partial charge in [0.05, 0.1) is 15.7 Å². The lowest BCUT2D eigenvalue weighted by Crippen LogP contribution is -2.21. The van der Waals surface area contributed by atoms with Gasteiger partial charge in [-0.2, -0.15) is 0 Å². The van der Waals surface area contributed by atoms with Crippen LogP contribution in [0.2, 0.25) is 0 Å². The zero-order valence-corrected chi connectivity index (χ0v) is 15.4. The molecule has 0 amide bonds. The molecule has 0 aliphatic rings. The Balaban J connectivity index is 1.94.